The third-order valence-corrected chi connectivity index (χ3v) is 2.58. The topological polar surface area (TPSA) is 82.0 Å². The van der Waals surface area contributed by atoms with E-state index in [4.69, 9.17) is 5.73 Å². The summed E-state index contributed by atoms with van der Waals surface area (Å²) in [5, 5.41) is 4.12. The molecule has 3 heterocycles. The Morgan fingerprint density at radius 2 is 1.85 bits per heavy atom. The molecule has 2 N–H and O–H groups in total. The molecule has 3 aromatic rings. The van der Waals surface area contributed by atoms with Gasteiger partial charge in [-0.1, -0.05) is 0 Å². The predicted molar refractivity (Wildman–Crippen MR) is 63.4 cm³/mol. The Balaban J connectivity index is 2.06. The van der Waals surface area contributed by atoms with Crippen molar-refractivity contribution >= 4 is 11.3 Å². The van der Waals surface area contributed by atoms with Crippen LogP contribution in [0.3, 0.4) is 0 Å². The summed E-state index contributed by atoms with van der Waals surface area (Å²) in [6, 6.07) is 3.45. The fourth-order valence-electron chi connectivity index (χ4n) is 1.67. The van der Waals surface area contributed by atoms with Crippen molar-refractivity contribution in [2.24, 2.45) is 0 Å². The van der Waals surface area contributed by atoms with Crippen LogP contribution in [0.25, 0.3) is 16.9 Å². The quantitative estimate of drug-likeness (QED) is 0.734. The monoisotopic (exact) mass is 280 g/mol. The van der Waals surface area contributed by atoms with E-state index >= 15 is 0 Å². The lowest BCUT2D eigenvalue weighted by Crippen LogP contribution is -2.11. The summed E-state index contributed by atoms with van der Waals surface area (Å²) in [5.41, 5.74) is 6.61. The van der Waals surface area contributed by atoms with Crippen LogP contribution in [0.2, 0.25) is 0 Å². The van der Waals surface area contributed by atoms with Crippen molar-refractivity contribution in [2.45, 2.75) is 6.18 Å². The van der Waals surface area contributed by atoms with E-state index < -0.39 is 12.0 Å². The molecule has 9 heteroatoms. The zero-order chi connectivity index (χ0) is 14.3. The van der Waals surface area contributed by atoms with Gasteiger partial charge in [0.25, 0.3) is 0 Å². The summed E-state index contributed by atoms with van der Waals surface area (Å²) in [7, 11) is 0. The fraction of sp³-hybridized carbons (Fsp3) is 0.0909. The SMILES string of the molecule is Nc1nc(-c2cnc(C(F)(F)F)nc2)nn2cccc12. The van der Waals surface area contributed by atoms with Gasteiger partial charge >= 0.3 is 6.18 Å². The Morgan fingerprint density at radius 1 is 1.15 bits per heavy atom. The van der Waals surface area contributed by atoms with Gasteiger partial charge in [0.05, 0.1) is 5.56 Å². The molecule has 3 aromatic heterocycles. The molecule has 20 heavy (non-hydrogen) atoms. The van der Waals surface area contributed by atoms with Crippen LogP contribution in [0.1, 0.15) is 5.82 Å². The number of alkyl halides is 3. The average molecular weight is 280 g/mol. The van der Waals surface area contributed by atoms with Crippen LogP contribution in [0.4, 0.5) is 19.0 Å². The van der Waals surface area contributed by atoms with Gasteiger partial charge in [0.2, 0.25) is 5.82 Å². The number of fused-ring (bicyclic) bond motifs is 1. The first-order chi connectivity index (χ1) is 9.45. The van der Waals surface area contributed by atoms with Crippen molar-refractivity contribution < 1.29 is 13.2 Å². The first kappa shape index (κ1) is 12.3. The van der Waals surface area contributed by atoms with Crippen LogP contribution in [-0.2, 0) is 6.18 Å². The summed E-state index contributed by atoms with van der Waals surface area (Å²) >= 11 is 0. The molecule has 0 atom stereocenters. The van der Waals surface area contributed by atoms with Gasteiger partial charge in [0.15, 0.2) is 11.6 Å². The van der Waals surface area contributed by atoms with Crippen LogP contribution < -0.4 is 5.73 Å². The van der Waals surface area contributed by atoms with Gasteiger partial charge < -0.3 is 5.73 Å². The van der Waals surface area contributed by atoms with Crippen molar-refractivity contribution in [3.05, 3.63) is 36.5 Å². The van der Waals surface area contributed by atoms with Gasteiger partial charge in [0, 0.05) is 18.6 Å². The van der Waals surface area contributed by atoms with E-state index in [-0.39, 0.29) is 17.2 Å². The standard InChI is InChI=1S/C11H7F3N6/c12-11(13,14)10-16-4-6(5-17-10)9-18-8(15)7-2-1-3-20(7)19-9/h1-5H,(H2,15,18,19). The number of anilines is 1. The van der Waals surface area contributed by atoms with Crippen molar-refractivity contribution in [3.8, 4) is 11.4 Å². The third-order valence-electron chi connectivity index (χ3n) is 2.58. The highest BCUT2D eigenvalue weighted by atomic mass is 19.4. The van der Waals surface area contributed by atoms with E-state index in [0.717, 1.165) is 12.4 Å². The Kier molecular flexibility index (Phi) is 2.56. The zero-order valence-electron chi connectivity index (χ0n) is 9.83. The van der Waals surface area contributed by atoms with Crippen LogP contribution >= 0.6 is 0 Å². The molecule has 0 aliphatic rings. The zero-order valence-corrected chi connectivity index (χ0v) is 9.83. The van der Waals surface area contributed by atoms with Crippen molar-refractivity contribution in [2.75, 3.05) is 5.73 Å². The van der Waals surface area contributed by atoms with Gasteiger partial charge in [-0.3, -0.25) is 0 Å². The molecule has 0 aliphatic heterocycles. The molecule has 0 aliphatic carbocycles. The summed E-state index contributed by atoms with van der Waals surface area (Å²) in [4.78, 5) is 10.5. The molecule has 0 bridgehead atoms. The molecule has 102 valence electrons. The van der Waals surface area contributed by atoms with Gasteiger partial charge in [-0.25, -0.2) is 19.5 Å². The molecular formula is C11H7F3N6. The number of hydrogen-bond donors (Lipinski definition) is 1. The number of rotatable bonds is 1. The maximum Gasteiger partial charge on any atom is 0.451 e. The molecule has 0 saturated heterocycles. The molecule has 0 fully saturated rings. The van der Waals surface area contributed by atoms with E-state index in [1.165, 1.54) is 4.52 Å². The second kappa shape index (κ2) is 4.15. The predicted octanol–water partition coefficient (Wildman–Crippen LogP) is 1.79. The van der Waals surface area contributed by atoms with Crippen LogP contribution in [0.5, 0.6) is 0 Å². The lowest BCUT2D eigenvalue weighted by atomic mass is 10.3. The van der Waals surface area contributed by atoms with Crippen molar-refractivity contribution in [3.63, 3.8) is 0 Å². The van der Waals surface area contributed by atoms with E-state index in [0.29, 0.717) is 5.52 Å². The van der Waals surface area contributed by atoms with E-state index in [1.807, 2.05) is 0 Å². The summed E-state index contributed by atoms with van der Waals surface area (Å²) < 4.78 is 38.6. The van der Waals surface area contributed by atoms with Gasteiger partial charge in [-0.15, -0.1) is 5.10 Å². The Labute approximate surface area is 110 Å². The number of halogens is 3. The average Bonchev–Trinajstić information content (AvgIpc) is 2.86. The molecule has 3 rings (SSSR count). The molecule has 6 nitrogen and oxygen atoms in total. The smallest absolute Gasteiger partial charge is 0.382 e. The van der Waals surface area contributed by atoms with Crippen molar-refractivity contribution in [1.82, 2.24) is 24.6 Å². The maximum atomic E-state index is 12.4. The number of nitrogen functional groups attached to an aromatic ring is 1. The molecule has 0 unspecified atom stereocenters. The summed E-state index contributed by atoms with van der Waals surface area (Å²) in [6.45, 7) is 0. The van der Waals surface area contributed by atoms with Crippen LogP contribution in [0, 0.1) is 0 Å². The van der Waals surface area contributed by atoms with E-state index in [9.17, 15) is 13.2 Å². The third kappa shape index (κ3) is 2.02. The second-order valence-electron chi connectivity index (χ2n) is 3.95. The molecule has 0 radical (unpaired) electrons. The number of aromatic nitrogens is 5. The van der Waals surface area contributed by atoms with Crippen LogP contribution in [0.15, 0.2) is 30.7 Å². The normalized spacial score (nSPS) is 11.9. The lowest BCUT2D eigenvalue weighted by Gasteiger charge is -2.06. The largest absolute Gasteiger partial charge is 0.451 e. The Bertz CT molecular complexity index is 762. The molecule has 0 amide bonds. The van der Waals surface area contributed by atoms with Gasteiger partial charge in [-0.2, -0.15) is 13.2 Å². The first-order valence-corrected chi connectivity index (χ1v) is 5.45. The fourth-order valence-corrected chi connectivity index (χ4v) is 1.67. The second-order valence-corrected chi connectivity index (χ2v) is 3.95. The first-order valence-electron chi connectivity index (χ1n) is 5.45. The molecule has 0 spiro atoms. The Morgan fingerprint density at radius 3 is 2.50 bits per heavy atom. The molecular weight excluding hydrogens is 273 g/mol. The minimum atomic E-state index is -4.58. The highest BCUT2D eigenvalue weighted by molar-refractivity contribution is 5.67. The van der Waals surface area contributed by atoms with Crippen molar-refractivity contribution in [1.29, 1.82) is 0 Å². The molecule has 0 saturated carbocycles. The van der Waals surface area contributed by atoms with Gasteiger partial charge in [-0.05, 0) is 12.1 Å². The number of hydrogen-bond acceptors (Lipinski definition) is 5. The number of nitrogens with two attached hydrogens (primary N) is 1. The highest BCUT2D eigenvalue weighted by Gasteiger charge is 2.34. The van der Waals surface area contributed by atoms with Crippen LogP contribution in [-0.4, -0.2) is 24.6 Å². The van der Waals surface area contributed by atoms with E-state index in [1.54, 1.807) is 18.3 Å². The lowest BCUT2D eigenvalue weighted by molar-refractivity contribution is -0.144. The summed E-state index contributed by atoms with van der Waals surface area (Å²) in [5.74, 6) is -0.837. The summed E-state index contributed by atoms with van der Waals surface area (Å²) in [6.07, 6.45) is -0.898. The number of nitrogens with zero attached hydrogens (tertiary/aromatic N) is 5. The Hall–Kier alpha value is -2.71. The minimum absolute atomic E-state index is 0.153. The molecule has 0 aromatic carbocycles. The minimum Gasteiger partial charge on any atom is -0.382 e. The highest BCUT2D eigenvalue weighted by Crippen LogP contribution is 2.26. The van der Waals surface area contributed by atoms with Gasteiger partial charge in [0.1, 0.15) is 5.52 Å². The maximum absolute atomic E-state index is 12.4. The van der Waals surface area contributed by atoms with E-state index in [2.05, 4.69) is 20.1 Å².